The molecule has 21 heavy (non-hydrogen) atoms. The number of hydrogen-bond donors (Lipinski definition) is 1. The van der Waals surface area contributed by atoms with Crippen molar-refractivity contribution in [3.8, 4) is 5.69 Å². The van der Waals surface area contributed by atoms with Crippen molar-refractivity contribution in [1.29, 1.82) is 0 Å². The van der Waals surface area contributed by atoms with E-state index in [0.29, 0.717) is 0 Å². The number of rotatable bonds is 4. The number of hydrogen-bond acceptors (Lipinski definition) is 4. The largest absolute Gasteiger partial charge is 0.356 e. The first-order valence-corrected chi connectivity index (χ1v) is 6.91. The Morgan fingerprint density at radius 2 is 2.05 bits per heavy atom. The van der Waals surface area contributed by atoms with Gasteiger partial charge in [-0.2, -0.15) is 5.10 Å². The van der Waals surface area contributed by atoms with Gasteiger partial charge in [-0.05, 0) is 24.1 Å². The minimum absolute atomic E-state index is 0. The number of para-hydroxylation sites is 1. The van der Waals surface area contributed by atoms with Crippen molar-refractivity contribution in [3.63, 3.8) is 0 Å². The fraction of sp³-hybridized carbons (Fsp3) is 0.333. The zero-order valence-corrected chi connectivity index (χ0v) is 14.4. The molecule has 0 spiro atoms. The van der Waals surface area contributed by atoms with Gasteiger partial charge in [0, 0.05) is 26.3 Å². The predicted octanol–water partition coefficient (Wildman–Crippen LogP) is 1.92. The van der Waals surface area contributed by atoms with E-state index in [9.17, 15) is 0 Å². The van der Waals surface area contributed by atoms with Crippen LogP contribution >= 0.6 is 24.0 Å². The third kappa shape index (κ3) is 3.96. The van der Waals surface area contributed by atoms with E-state index in [1.807, 2.05) is 29.1 Å². The number of aliphatic imine (C=N–C) groups is 1. The molecule has 0 saturated heterocycles. The minimum Gasteiger partial charge on any atom is -0.356 e. The molecule has 1 aromatic carbocycles. The Labute approximate surface area is 142 Å². The fourth-order valence-corrected chi connectivity index (χ4v) is 2.25. The molecule has 0 radical (unpaired) electrons. The summed E-state index contributed by atoms with van der Waals surface area (Å²) in [5, 5.41) is 7.77. The molecule has 0 fully saturated rings. The van der Waals surface area contributed by atoms with Crippen LogP contribution in [0.25, 0.3) is 5.69 Å². The normalized spacial score (nSPS) is 13.8. The van der Waals surface area contributed by atoms with Crippen molar-refractivity contribution in [1.82, 2.24) is 20.0 Å². The van der Waals surface area contributed by atoms with Crippen molar-refractivity contribution >= 4 is 29.9 Å². The molecule has 0 aliphatic carbocycles. The highest BCUT2D eigenvalue weighted by molar-refractivity contribution is 14.0. The van der Waals surface area contributed by atoms with E-state index in [4.69, 9.17) is 0 Å². The van der Waals surface area contributed by atoms with Gasteiger partial charge in [0.25, 0.3) is 0 Å². The molecule has 0 amide bonds. The Bertz CT molecular complexity index is 593. The summed E-state index contributed by atoms with van der Waals surface area (Å²) in [4.78, 5) is 6.56. The Balaban J connectivity index is 0.00000161. The second-order valence-corrected chi connectivity index (χ2v) is 4.93. The Morgan fingerprint density at radius 3 is 2.76 bits per heavy atom. The highest BCUT2D eigenvalue weighted by Gasteiger charge is 2.11. The number of aromatic nitrogens is 2. The quantitative estimate of drug-likeness (QED) is 0.803. The van der Waals surface area contributed by atoms with Crippen LogP contribution in [0.2, 0.25) is 0 Å². The summed E-state index contributed by atoms with van der Waals surface area (Å²) in [5.41, 5.74) is 2.31. The van der Waals surface area contributed by atoms with Gasteiger partial charge in [-0.3, -0.25) is 4.99 Å². The van der Waals surface area contributed by atoms with Crippen molar-refractivity contribution in [2.45, 2.75) is 6.42 Å². The number of likely N-dealkylation sites (N-methyl/N-ethyl adjacent to an activating group) is 1. The minimum atomic E-state index is 0. The molecule has 1 aliphatic rings. The Morgan fingerprint density at radius 1 is 1.24 bits per heavy atom. The lowest BCUT2D eigenvalue weighted by atomic mass is 10.2. The molecule has 1 aromatic heterocycles. The second-order valence-electron chi connectivity index (χ2n) is 4.93. The maximum atomic E-state index is 4.41. The van der Waals surface area contributed by atoms with Crippen LogP contribution < -0.4 is 5.32 Å². The van der Waals surface area contributed by atoms with Crippen molar-refractivity contribution in [2.75, 3.05) is 26.7 Å². The van der Waals surface area contributed by atoms with Crippen LogP contribution in [-0.2, 0) is 6.42 Å². The molecule has 2 heterocycles. The van der Waals surface area contributed by atoms with Gasteiger partial charge in [-0.25, -0.2) is 4.68 Å². The molecule has 2 aromatic rings. The summed E-state index contributed by atoms with van der Waals surface area (Å²) in [6.07, 6.45) is 4.95. The van der Waals surface area contributed by atoms with Crippen LogP contribution in [0.4, 0.5) is 0 Å². The van der Waals surface area contributed by atoms with Crippen LogP contribution in [0.5, 0.6) is 0 Å². The molecule has 6 heteroatoms. The van der Waals surface area contributed by atoms with Gasteiger partial charge in [0.2, 0.25) is 0 Å². The monoisotopic (exact) mass is 397 g/mol. The molecule has 112 valence electrons. The molecule has 3 rings (SSSR count). The van der Waals surface area contributed by atoms with Gasteiger partial charge < -0.3 is 10.2 Å². The summed E-state index contributed by atoms with van der Waals surface area (Å²) >= 11 is 0. The van der Waals surface area contributed by atoms with E-state index < -0.39 is 0 Å². The second kappa shape index (κ2) is 7.44. The summed E-state index contributed by atoms with van der Waals surface area (Å²) in [6, 6.07) is 10.2. The topological polar surface area (TPSA) is 45.4 Å². The van der Waals surface area contributed by atoms with Gasteiger partial charge in [-0.15, -0.1) is 24.0 Å². The van der Waals surface area contributed by atoms with Gasteiger partial charge in [0.05, 0.1) is 18.4 Å². The van der Waals surface area contributed by atoms with Crippen molar-refractivity contribution < 1.29 is 0 Å². The molecular weight excluding hydrogens is 377 g/mol. The first-order chi connectivity index (χ1) is 9.83. The number of halogens is 1. The average Bonchev–Trinajstić information content (AvgIpc) is 3.10. The average molecular weight is 397 g/mol. The highest BCUT2D eigenvalue weighted by atomic mass is 127. The molecule has 0 unspecified atom stereocenters. The smallest absolute Gasteiger partial charge is 0.193 e. The summed E-state index contributed by atoms with van der Waals surface area (Å²) in [5.74, 6) is 1.00. The summed E-state index contributed by atoms with van der Waals surface area (Å²) < 4.78 is 1.91. The van der Waals surface area contributed by atoms with Crippen molar-refractivity contribution in [3.05, 3.63) is 48.3 Å². The summed E-state index contributed by atoms with van der Waals surface area (Å²) in [6.45, 7) is 2.78. The van der Waals surface area contributed by atoms with E-state index in [-0.39, 0.29) is 24.0 Å². The molecule has 0 saturated carbocycles. The zero-order chi connectivity index (χ0) is 13.8. The van der Waals surface area contributed by atoms with E-state index in [2.05, 4.69) is 45.7 Å². The molecular formula is C15H20IN5. The van der Waals surface area contributed by atoms with E-state index in [1.165, 1.54) is 5.56 Å². The Kier molecular flexibility index (Phi) is 5.60. The number of nitrogens with one attached hydrogen (secondary N) is 1. The predicted molar refractivity (Wildman–Crippen MR) is 95.6 cm³/mol. The number of nitrogens with zero attached hydrogens (tertiary/aromatic N) is 4. The molecule has 1 aliphatic heterocycles. The van der Waals surface area contributed by atoms with Crippen LogP contribution in [0.3, 0.4) is 0 Å². The first-order valence-electron chi connectivity index (χ1n) is 6.91. The number of guanidine groups is 1. The lowest BCUT2D eigenvalue weighted by Gasteiger charge is -2.14. The standard InChI is InChI=1S/C15H19N5.HI/c1-19-10-9-17-15(19)16-8-7-13-11-18-20(12-13)14-5-3-2-4-6-14;/h2-6,11-12H,7-10H2,1H3,(H,16,17);1H. The van der Waals surface area contributed by atoms with Crippen LogP contribution in [0.15, 0.2) is 47.7 Å². The van der Waals surface area contributed by atoms with Gasteiger partial charge in [0.15, 0.2) is 5.96 Å². The maximum Gasteiger partial charge on any atom is 0.193 e. The van der Waals surface area contributed by atoms with Gasteiger partial charge >= 0.3 is 0 Å². The molecule has 0 atom stereocenters. The van der Waals surface area contributed by atoms with E-state index in [0.717, 1.165) is 37.7 Å². The van der Waals surface area contributed by atoms with Crippen LogP contribution in [0, 0.1) is 0 Å². The number of benzene rings is 1. The fourth-order valence-electron chi connectivity index (χ4n) is 2.25. The molecule has 5 nitrogen and oxygen atoms in total. The Hall–Kier alpha value is -1.57. The molecule has 0 bridgehead atoms. The van der Waals surface area contributed by atoms with E-state index in [1.54, 1.807) is 0 Å². The highest BCUT2D eigenvalue weighted by Crippen LogP contribution is 2.07. The van der Waals surface area contributed by atoms with Crippen molar-refractivity contribution in [2.24, 2.45) is 4.99 Å². The lowest BCUT2D eigenvalue weighted by molar-refractivity contribution is 0.534. The van der Waals surface area contributed by atoms with E-state index >= 15 is 0 Å². The van der Waals surface area contributed by atoms with Crippen LogP contribution in [0.1, 0.15) is 5.56 Å². The third-order valence-corrected chi connectivity index (χ3v) is 3.41. The SMILES string of the molecule is CN1CCN=C1NCCc1cnn(-c2ccccc2)c1.I. The van der Waals surface area contributed by atoms with Gasteiger partial charge in [-0.1, -0.05) is 18.2 Å². The van der Waals surface area contributed by atoms with Gasteiger partial charge in [0.1, 0.15) is 0 Å². The lowest BCUT2D eigenvalue weighted by Crippen LogP contribution is -2.36. The molecule has 1 N–H and O–H groups in total. The maximum absolute atomic E-state index is 4.41. The zero-order valence-electron chi connectivity index (χ0n) is 12.1. The van der Waals surface area contributed by atoms with Crippen LogP contribution in [-0.4, -0.2) is 47.3 Å². The summed E-state index contributed by atoms with van der Waals surface area (Å²) in [7, 11) is 2.06. The third-order valence-electron chi connectivity index (χ3n) is 3.41. The first kappa shape index (κ1) is 15.8.